The van der Waals surface area contributed by atoms with Crippen molar-refractivity contribution in [3.05, 3.63) is 28.8 Å². The van der Waals surface area contributed by atoms with Crippen LogP contribution in [0.1, 0.15) is 11.7 Å². The normalized spacial score (nSPS) is 18.9. The van der Waals surface area contributed by atoms with Gasteiger partial charge in [0.2, 0.25) is 0 Å². The third-order valence-electron chi connectivity index (χ3n) is 2.87. The van der Waals surface area contributed by atoms with Gasteiger partial charge in [-0.3, -0.25) is 0 Å². The molecule has 20 heavy (non-hydrogen) atoms. The topological polar surface area (TPSA) is 89.9 Å². The van der Waals surface area contributed by atoms with Crippen LogP contribution in [-0.2, 0) is 19.4 Å². The largest absolute Gasteiger partial charge is 0.487 e. The van der Waals surface area contributed by atoms with Gasteiger partial charge in [0, 0.05) is 0 Å². The summed E-state index contributed by atoms with van der Waals surface area (Å²) in [6.07, 6.45) is -1.83. The Morgan fingerprint density at radius 3 is 2.60 bits per heavy atom. The maximum Gasteiger partial charge on any atom is 0.339 e. The molecule has 1 N–H and O–H groups in total. The molecule has 8 heteroatoms. The molecule has 0 amide bonds. The standard InChI is InChI=1S/C12H13ClO6S/c1-18-12(15)11(14)7-2-3-10(9(13)4-7)19-8-5-20(16,17)6-8/h2-4,8,11,14H,5-6H2,1H3. The van der Waals surface area contributed by atoms with Gasteiger partial charge in [-0.15, -0.1) is 0 Å². The predicted molar refractivity (Wildman–Crippen MR) is 71.5 cm³/mol. The number of hydrogen-bond acceptors (Lipinski definition) is 6. The summed E-state index contributed by atoms with van der Waals surface area (Å²) < 4.78 is 31.9. The van der Waals surface area contributed by atoms with E-state index in [1.807, 2.05) is 0 Å². The Hall–Kier alpha value is -1.31. The van der Waals surface area contributed by atoms with Crippen molar-refractivity contribution in [2.24, 2.45) is 0 Å². The number of methoxy groups -OCH3 is 1. The lowest BCUT2D eigenvalue weighted by molar-refractivity contribution is -0.150. The van der Waals surface area contributed by atoms with Crippen molar-refractivity contribution < 1.29 is 27.8 Å². The molecule has 0 spiro atoms. The van der Waals surface area contributed by atoms with Crippen molar-refractivity contribution in [2.45, 2.75) is 12.2 Å². The minimum Gasteiger partial charge on any atom is -0.487 e. The fourth-order valence-corrected chi connectivity index (χ4v) is 3.20. The van der Waals surface area contributed by atoms with E-state index in [0.29, 0.717) is 5.75 Å². The molecule has 1 aromatic carbocycles. The molecule has 0 aromatic heterocycles. The monoisotopic (exact) mass is 320 g/mol. The highest BCUT2D eigenvalue weighted by atomic mass is 35.5. The van der Waals surface area contributed by atoms with Gasteiger partial charge >= 0.3 is 5.97 Å². The smallest absolute Gasteiger partial charge is 0.339 e. The molecule has 1 fully saturated rings. The molecule has 1 heterocycles. The number of carbonyl (C=O) groups excluding carboxylic acids is 1. The van der Waals surface area contributed by atoms with E-state index in [9.17, 15) is 18.3 Å². The molecule has 1 atom stereocenters. The van der Waals surface area contributed by atoms with Gasteiger partial charge in [0.05, 0.1) is 23.6 Å². The van der Waals surface area contributed by atoms with Crippen molar-refractivity contribution >= 4 is 27.4 Å². The van der Waals surface area contributed by atoms with Gasteiger partial charge < -0.3 is 14.6 Å². The first-order valence-corrected chi connectivity index (χ1v) is 7.95. The first-order chi connectivity index (χ1) is 9.32. The Labute approximate surface area is 121 Å². The number of halogens is 1. The minimum absolute atomic E-state index is 0.0319. The zero-order valence-electron chi connectivity index (χ0n) is 10.6. The van der Waals surface area contributed by atoms with Crippen molar-refractivity contribution in [1.29, 1.82) is 0 Å². The fourth-order valence-electron chi connectivity index (χ4n) is 1.80. The van der Waals surface area contributed by atoms with Crippen molar-refractivity contribution in [3.8, 4) is 5.75 Å². The quantitative estimate of drug-likeness (QED) is 0.822. The first kappa shape index (κ1) is 15.1. The van der Waals surface area contributed by atoms with Gasteiger partial charge in [-0.25, -0.2) is 13.2 Å². The zero-order chi connectivity index (χ0) is 14.9. The predicted octanol–water partition coefficient (Wildman–Crippen LogP) is 0.722. The molecule has 1 aromatic rings. The Morgan fingerprint density at radius 1 is 1.45 bits per heavy atom. The van der Waals surface area contributed by atoms with E-state index in [0.717, 1.165) is 0 Å². The number of esters is 1. The molecule has 0 bridgehead atoms. The number of sulfone groups is 1. The highest BCUT2D eigenvalue weighted by Crippen LogP contribution is 2.30. The molecule has 2 rings (SSSR count). The average molecular weight is 321 g/mol. The SMILES string of the molecule is COC(=O)C(O)c1ccc(OC2CS(=O)(=O)C2)c(Cl)c1. The summed E-state index contributed by atoms with van der Waals surface area (Å²) >= 11 is 5.98. The number of benzene rings is 1. The maximum absolute atomic E-state index is 11.2. The minimum atomic E-state index is -2.97. The number of aliphatic hydroxyl groups is 1. The number of carbonyl (C=O) groups is 1. The Kier molecular flexibility index (Phi) is 4.22. The second-order valence-corrected chi connectivity index (χ2v) is 6.99. The van der Waals surface area contributed by atoms with Crippen LogP contribution in [0.5, 0.6) is 5.75 Å². The average Bonchev–Trinajstić information content (AvgIpc) is 2.37. The number of ether oxygens (including phenoxy) is 2. The first-order valence-electron chi connectivity index (χ1n) is 5.75. The van der Waals surface area contributed by atoms with Crippen LogP contribution in [-0.4, -0.2) is 44.2 Å². The zero-order valence-corrected chi connectivity index (χ0v) is 12.1. The second kappa shape index (κ2) is 5.59. The number of hydrogen-bond donors (Lipinski definition) is 1. The van der Waals surface area contributed by atoms with Crippen LogP contribution < -0.4 is 4.74 Å². The summed E-state index contributed by atoms with van der Waals surface area (Å²) in [7, 11) is -1.80. The van der Waals surface area contributed by atoms with E-state index in [4.69, 9.17) is 16.3 Å². The molecule has 1 aliphatic rings. The third-order valence-corrected chi connectivity index (χ3v) is 4.92. The summed E-state index contributed by atoms with van der Waals surface area (Å²) in [5, 5.41) is 9.85. The number of aliphatic hydroxyl groups excluding tert-OH is 1. The van der Waals surface area contributed by atoms with Crippen LogP contribution in [0, 0.1) is 0 Å². The molecule has 1 saturated heterocycles. The highest BCUT2D eigenvalue weighted by Gasteiger charge is 2.35. The molecule has 0 saturated carbocycles. The van der Waals surface area contributed by atoms with Gasteiger partial charge in [0.15, 0.2) is 15.9 Å². The molecule has 0 radical (unpaired) electrons. The van der Waals surface area contributed by atoms with Gasteiger partial charge in [0.1, 0.15) is 11.9 Å². The lowest BCUT2D eigenvalue weighted by Gasteiger charge is -2.27. The van der Waals surface area contributed by atoms with Gasteiger partial charge in [-0.05, 0) is 17.7 Å². The summed E-state index contributed by atoms with van der Waals surface area (Å²) in [5.74, 6) is -0.543. The maximum atomic E-state index is 11.2. The fraction of sp³-hybridized carbons (Fsp3) is 0.417. The van der Waals surface area contributed by atoms with Crippen LogP contribution >= 0.6 is 11.6 Å². The van der Waals surface area contributed by atoms with Crippen LogP contribution in [0.3, 0.4) is 0 Å². The lowest BCUT2D eigenvalue weighted by atomic mass is 10.1. The summed E-state index contributed by atoms with van der Waals surface area (Å²) in [5.41, 5.74) is 0.274. The molecular weight excluding hydrogens is 308 g/mol. The van der Waals surface area contributed by atoms with E-state index in [1.54, 1.807) is 0 Å². The number of rotatable bonds is 4. The Bertz CT molecular complexity index is 615. The Balaban J connectivity index is 2.08. The van der Waals surface area contributed by atoms with Crippen LogP contribution in [0.25, 0.3) is 0 Å². The van der Waals surface area contributed by atoms with E-state index < -0.39 is 28.0 Å². The summed E-state index contributed by atoms with van der Waals surface area (Å²) in [6.45, 7) is 0. The van der Waals surface area contributed by atoms with Gasteiger partial charge in [0.25, 0.3) is 0 Å². The van der Waals surface area contributed by atoms with E-state index in [2.05, 4.69) is 4.74 Å². The van der Waals surface area contributed by atoms with Crippen molar-refractivity contribution in [3.63, 3.8) is 0 Å². The van der Waals surface area contributed by atoms with E-state index in [1.165, 1.54) is 25.3 Å². The lowest BCUT2D eigenvalue weighted by Crippen LogP contribution is -2.45. The van der Waals surface area contributed by atoms with Crippen LogP contribution in [0.4, 0.5) is 0 Å². The summed E-state index contributed by atoms with van der Waals surface area (Å²) in [6, 6.07) is 4.33. The second-order valence-electron chi connectivity index (χ2n) is 4.43. The molecule has 0 aliphatic carbocycles. The molecule has 6 nitrogen and oxygen atoms in total. The van der Waals surface area contributed by atoms with Crippen molar-refractivity contribution in [2.75, 3.05) is 18.6 Å². The van der Waals surface area contributed by atoms with Crippen LogP contribution in [0.15, 0.2) is 18.2 Å². The molecular formula is C12H13ClO6S. The molecule has 110 valence electrons. The van der Waals surface area contributed by atoms with Crippen molar-refractivity contribution in [1.82, 2.24) is 0 Å². The molecule has 1 aliphatic heterocycles. The van der Waals surface area contributed by atoms with Crippen LogP contribution in [0.2, 0.25) is 5.02 Å². The summed E-state index contributed by atoms with van der Waals surface area (Å²) in [4.78, 5) is 11.2. The van der Waals surface area contributed by atoms with E-state index in [-0.39, 0.29) is 22.1 Å². The van der Waals surface area contributed by atoms with Gasteiger partial charge in [-0.2, -0.15) is 0 Å². The third kappa shape index (κ3) is 3.23. The Morgan fingerprint density at radius 2 is 2.10 bits per heavy atom. The van der Waals surface area contributed by atoms with Gasteiger partial charge in [-0.1, -0.05) is 17.7 Å². The molecule has 1 unspecified atom stereocenters. The van der Waals surface area contributed by atoms with E-state index >= 15 is 0 Å². The highest BCUT2D eigenvalue weighted by molar-refractivity contribution is 7.92.